The van der Waals surface area contributed by atoms with Crippen molar-refractivity contribution >= 4 is 70.9 Å². The molecule has 0 radical (unpaired) electrons. The minimum absolute atomic E-state index is 0.212. The number of carbonyl (C=O) groups is 4. The second kappa shape index (κ2) is 70.6. The van der Waals surface area contributed by atoms with E-state index in [0.29, 0.717) is 0 Å². The van der Waals surface area contributed by atoms with E-state index in [1.807, 2.05) is 47.0 Å². The molecule has 0 heterocycles. The third kappa shape index (κ3) is 65.9. The molecule has 0 rings (SSSR count). The van der Waals surface area contributed by atoms with Crippen LogP contribution in [-0.4, -0.2) is 137 Å². The van der Waals surface area contributed by atoms with Gasteiger partial charge in [0.05, 0.1) is 55.5 Å². The molecule has 0 bridgehead atoms. The number of unbranched alkanes of at least 4 members (excludes halogenated alkanes) is 20. The van der Waals surface area contributed by atoms with E-state index in [-0.39, 0.29) is 23.7 Å². The maximum Gasteiger partial charge on any atom is 0.307 e. The van der Waals surface area contributed by atoms with Gasteiger partial charge in [0.15, 0.2) is 0 Å². The smallest absolute Gasteiger partial charge is 0.307 e. The zero-order valence-corrected chi connectivity index (χ0v) is 60.3. The van der Waals surface area contributed by atoms with E-state index in [1.165, 1.54) is 205 Å². The van der Waals surface area contributed by atoms with Crippen molar-refractivity contribution in [3.63, 3.8) is 0 Å². The molecule has 0 aromatic rings. The first-order chi connectivity index (χ1) is 40.7. The molecule has 0 aromatic heterocycles. The fourth-order valence-electron chi connectivity index (χ4n) is 8.71. The number of thioether (sulfide) groups is 4. The minimum Gasteiger partial charge on any atom is -0.481 e. The first-order valence-corrected chi connectivity index (χ1v) is 39.0. The van der Waals surface area contributed by atoms with Crippen LogP contribution in [0.2, 0.25) is 0 Å². The quantitative estimate of drug-likeness (QED) is 0.0265. The third-order valence-electron chi connectivity index (χ3n) is 16.1. The van der Waals surface area contributed by atoms with Gasteiger partial charge in [-0.1, -0.05) is 263 Å². The van der Waals surface area contributed by atoms with Crippen molar-refractivity contribution in [2.45, 2.75) is 289 Å². The van der Waals surface area contributed by atoms with E-state index < -0.39 is 55.7 Å². The van der Waals surface area contributed by atoms with Crippen LogP contribution in [-0.2, 0) is 19.2 Å². The lowest BCUT2D eigenvalue weighted by atomic mass is 9.93. The lowest BCUT2D eigenvalue weighted by molar-refractivity contribution is -0.141. The molecule has 0 fully saturated rings. The zero-order valence-electron chi connectivity index (χ0n) is 57.1. The first kappa shape index (κ1) is 92.8. The van der Waals surface area contributed by atoms with Crippen molar-refractivity contribution in [2.75, 3.05) is 72.5 Å². The van der Waals surface area contributed by atoms with Crippen molar-refractivity contribution in [2.24, 2.45) is 52.8 Å². The second-order valence-electron chi connectivity index (χ2n) is 24.6. The SMILES string of the molecule is CCCCCCCCC(CC)CSCC(C)C(=O)O.CCCCCCCCC(CC)CSCC(C)C(=O)O.CCCCCCCCC(CC)CSCC(C)C(=O)O.CCCCCCCCC(CC)CSCC(C)C(=O)O.OCC(CO)(CO)CO. The van der Waals surface area contributed by atoms with Gasteiger partial charge in [-0.15, -0.1) is 0 Å². The molecular weight excluding hydrogens is 1150 g/mol. The summed E-state index contributed by atoms with van der Waals surface area (Å²) in [6.07, 6.45) is 42.9. The summed E-state index contributed by atoms with van der Waals surface area (Å²) in [5.74, 6) is 7.10. The van der Waals surface area contributed by atoms with Crippen molar-refractivity contribution < 1.29 is 60.0 Å². The Bertz CT molecular complexity index is 1210. The van der Waals surface area contributed by atoms with Crippen molar-refractivity contribution in [3.05, 3.63) is 0 Å². The van der Waals surface area contributed by atoms with Crippen LogP contribution >= 0.6 is 47.0 Å². The summed E-state index contributed by atoms with van der Waals surface area (Å²) >= 11 is 7.25. The maximum atomic E-state index is 10.7. The number of carboxylic acid groups (broad SMARTS) is 4. The molecule has 8 N–H and O–H groups in total. The standard InChI is InChI=1S/4C16H32O2S.C5H12O4/c4*1-4-6-7-8-9-10-11-15(5-2)13-19-12-14(3)16(17)18;6-1-5(2-7,3-8)4-9/h4*14-15H,4-13H2,1-3H3,(H,17,18);6-9H,1-4H2. The Balaban J connectivity index is -0.000000319. The molecular formula is C69H140O12S4. The molecule has 0 saturated heterocycles. The van der Waals surface area contributed by atoms with Gasteiger partial charge in [-0.05, 0) is 72.4 Å². The lowest BCUT2D eigenvalue weighted by Crippen LogP contribution is -2.37. The van der Waals surface area contributed by atoms with Crippen LogP contribution in [0.5, 0.6) is 0 Å². The topological polar surface area (TPSA) is 230 Å². The summed E-state index contributed by atoms with van der Waals surface area (Å²) in [7, 11) is 0. The van der Waals surface area contributed by atoms with E-state index in [2.05, 4.69) is 55.4 Å². The average Bonchev–Trinajstić information content (AvgIpc) is 3.49. The molecule has 85 heavy (non-hydrogen) atoms. The third-order valence-corrected chi connectivity index (χ3v) is 21.9. The van der Waals surface area contributed by atoms with Crippen molar-refractivity contribution in [3.8, 4) is 0 Å². The summed E-state index contributed by atoms with van der Waals surface area (Å²) in [6, 6.07) is 0. The predicted octanol–water partition coefficient (Wildman–Crippen LogP) is 18.8. The molecule has 12 nitrogen and oxygen atoms in total. The molecule has 0 saturated carbocycles. The maximum absolute atomic E-state index is 10.7. The Labute approximate surface area is 541 Å². The van der Waals surface area contributed by atoms with Crippen LogP contribution < -0.4 is 0 Å². The molecule has 0 spiro atoms. The summed E-state index contributed by atoms with van der Waals surface area (Å²) in [5, 5.41) is 69.3. The van der Waals surface area contributed by atoms with Crippen LogP contribution in [0.15, 0.2) is 0 Å². The van der Waals surface area contributed by atoms with Gasteiger partial charge in [-0.3, -0.25) is 19.2 Å². The van der Waals surface area contributed by atoms with Crippen LogP contribution in [0, 0.1) is 52.8 Å². The highest BCUT2D eigenvalue weighted by Crippen LogP contribution is 2.25. The Kier molecular flexibility index (Phi) is 77.1. The molecule has 0 aromatic carbocycles. The molecule has 0 aliphatic carbocycles. The number of aliphatic hydroxyl groups is 4. The van der Waals surface area contributed by atoms with Gasteiger partial charge in [-0.25, -0.2) is 0 Å². The van der Waals surface area contributed by atoms with E-state index in [9.17, 15) is 19.2 Å². The molecule has 8 atom stereocenters. The average molecular weight is 1290 g/mol. The molecule has 512 valence electrons. The number of carboxylic acids is 4. The van der Waals surface area contributed by atoms with Gasteiger partial charge in [0.25, 0.3) is 0 Å². The fourth-order valence-corrected chi connectivity index (χ4v) is 14.2. The summed E-state index contributed by atoms with van der Waals surface area (Å²) in [6.45, 7) is 23.6. The van der Waals surface area contributed by atoms with Gasteiger partial charge < -0.3 is 40.9 Å². The van der Waals surface area contributed by atoms with Gasteiger partial charge in [0, 0.05) is 23.0 Å². The van der Waals surface area contributed by atoms with Gasteiger partial charge in [0.2, 0.25) is 0 Å². The van der Waals surface area contributed by atoms with Crippen molar-refractivity contribution in [1.82, 2.24) is 0 Å². The highest BCUT2D eigenvalue weighted by molar-refractivity contribution is 7.99. The normalized spacial score (nSPS) is 14.0. The molecule has 0 amide bonds. The summed E-state index contributed by atoms with van der Waals surface area (Å²) in [4.78, 5) is 42.9. The zero-order chi connectivity index (χ0) is 65.4. The van der Waals surface area contributed by atoms with Crippen LogP contribution in [0.25, 0.3) is 0 Å². The van der Waals surface area contributed by atoms with E-state index in [0.717, 1.165) is 69.7 Å². The van der Waals surface area contributed by atoms with Gasteiger partial charge >= 0.3 is 23.9 Å². The largest absolute Gasteiger partial charge is 0.481 e. The highest BCUT2D eigenvalue weighted by atomic mass is 32.2. The second-order valence-corrected chi connectivity index (χ2v) is 28.9. The Morgan fingerprint density at radius 1 is 0.282 bits per heavy atom. The Hall–Kier alpha value is -0.880. The van der Waals surface area contributed by atoms with E-state index in [1.54, 1.807) is 27.7 Å². The minimum atomic E-state index is -1.11. The van der Waals surface area contributed by atoms with Crippen molar-refractivity contribution in [1.29, 1.82) is 0 Å². The van der Waals surface area contributed by atoms with E-state index >= 15 is 0 Å². The monoisotopic (exact) mass is 1290 g/mol. The summed E-state index contributed by atoms with van der Waals surface area (Å²) in [5.41, 5.74) is -1.11. The van der Waals surface area contributed by atoms with E-state index in [4.69, 9.17) is 40.9 Å². The Morgan fingerprint density at radius 2 is 0.447 bits per heavy atom. The summed E-state index contributed by atoms with van der Waals surface area (Å²) < 4.78 is 0. The molecule has 0 aliphatic rings. The van der Waals surface area contributed by atoms with Gasteiger partial charge in [-0.2, -0.15) is 47.0 Å². The number of aliphatic hydroxyl groups excluding tert-OH is 4. The lowest BCUT2D eigenvalue weighted by Gasteiger charge is -2.23. The van der Waals surface area contributed by atoms with Gasteiger partial charge in [0.1, 0.15) is 0 Å². The van der Waals surface area contributed by atoms with Crippen LogP contribution in [0.4, 0.5) is 0 Å². The molecule has 8 unspecified atom stereocenters. The number of aliphatic carboxylic acids is 4. The number of hydrogen-bond acceptors (Lipinski definition) is 12. The van der Waals surface area contributed by atoms with Crippen LogP contribution in [0.3, 0.4) is 0 Å². The Morgan fingerprint density at radius 3 is 0.576 bits per heavy atom. The fraction of sp³-hybridized carbons (Fsp3) is 0.942. The molecule has 16 heteroatoms. The number of rotatable bonds is 56. The van der Waals surface area contributed by atoms with Crippen LogP contribution in [0.1, 0.15) is 289 Å². The molecule has 0 aliphatic heterocycles. The predicted molar refractivity (Wildman–Crippen MR) is 374 cm³/mol. The number of hydrogen-bond donors (Lipinski definition) is 8. The first-order valence-electron chi connectivity index (χ1n) is 34.4. The highest BCUT2D eigenvalue weighted by Gasteiger charge is 2.26.